The van der Waals surface area contributed by atoms with Crippen molar-refractivity contribution >= 4 is 6.09 Å². The SMILES string of the molecule is CC(C)Cc1ccc(C#CCCNC(=O)OC(C)(C)C)cc1. The Morgan fingerprint density at radius 3 is 2.41 bits per heavy atom. The number of ether oxygens (including phenoxy) is 1. The molecule has 1 rings (SSSR count). The molecule has 3 nitrogen and oxygen atoms in total. The summed E-state index contributed by atoms with van der Waals surface area (Å²) >= 11 is 0. The van der Waals surface area contributed by atoms with Crippen molar-refractivity contribution in [3.05, 3.63) is 35.4 Å². The quantitative estimate of drug-likeness (QED) is 0.670. The Kier molecular flexibility index (Phi) is 6.98. The highest BCUT2D eigenvalue weighted by Gasteiger charge is 2.15. The van der Waals surface area contributed by atoms with Gasteiger partial charge in [0.25, 0.3) is 0 Å². The third kappa shape index (κ3) is 8.36. The molecule has 0 radical (unpaired) electrons. The summed E-state index contributed by atoms with van der Waals surface area (Å²) in [6.45, 7) is 10.4. The molecule has 0 unspecified atom stereocenters. The smallest absolute Gasteiger partial charge is 0.407 e. The Bertz CT molecular complexity index is 527. The predicted molar refractivity (Wildman–Crippen MR) is 90.7 cm³/mol. The molecule has 1 aromatic carbocycles. The van der Waals surface area contributed by atoms with Gasteiger partial charge in [-0.05, 0) is 50.8 Å². The molecular formula is C19H27NO2. The fourth-order valence-corrected chi connectivity index (χ4v) is 1.90. The molecule has 0 aromatic heterocycles. The zero-order valence-corrected chi connectivity index (χ0v) is 14.3. The van der Waals surface area contributed by atoms with Gasteiger partial charge in [-0.2, -0.15) is 0 Å². The predicted octanol–water partition coefficient (Wildman–Crippen LogP) is 4.15. The Hall–Kier alpha value is -1.95. The van der Waals surface area contributed by atoms with Crippen LogP contribution in [-0.2, 0) is 11.2 Å². The van der Waals surface area contributed by atoms with Gasteiger partial charge < -0.3 is 10.1 Å². The van der Waals surface area contributed by atoms with Crippen molar-refractivity contribution in [2.75, 3.05) is 6.54 Å². The third-order valence-electron chi connectivity index (χ3n) is 2.75. The highest BCUT2D eigenvalue weighted by Crippen LogP contribution is 2.09. The molecular weight excluding hydrogens is 274 g/mol. The van der Waals surface area contributed by atoms with Gasteiger partial charge in [0.2, 0.25) is 0 Å². The van der Waals surface area contributed by atoms with E-state index in [9.17, 15) is 4.79 Å². The average molecular weight is 301 g/mol. The van der Waals surface area contributed by atoms with Crippen LogP contribution in [-0.4, -0.2) is 18.2 Å². The number of benzene rings is 1. The van der Waals surface area contributed by atoms with E-state index in [0.717, 1.165) is 12.0 Å². The first-order valence-corrected chi connectivity index (χ1v) is 7.81. The second kappa shape index (κ2) is 8.48. The highest BCUT2D eigenvalue weighted by atomic mass is 16.6. The van der Waals surface area contributed by atoms with Crippen molar-refractivity contribution in [2.45, 2.75) is 53.1 Å². The summed E-state index contributed by atoms with van der Waals surface area (Å²) in [6.07, 6.45) is 1.30. The number of hydrogen-bond donors (Lipinski definition) is 1. The van der Waals surface area contributed by atoms with E-state index in [1.807, 2.05) is 32.9 Å². The van der Waals surface area contributed by atoms with E-state index in [0.29, 0.717) is 18.9 Å². The first-order valence-electron chi connectivity index (χ1n) is 7.81. The van der Waals surface area contributed by atoms with Crippen LogP contribution in [0.15, 0.2) is 24.3 Å². The lowest BCUT2D eigenvalue weighted by Gasteiger charge is -2.19. The molecule has 3 heteroatoms. The van der Waals surface area contributed by atoms with Gasteiger partial charge in [-0.25, -0.2) is 4.79 Å². The van der Waals surface area contributed by atoms with Crippen molar-refractivity contribution in [1.82, 2.24) is 5.32 Å². The minimum atomic E-state index is -0.465. The fraction of sp³-hybridized carbons (Fsp3) is 0.526. The van der Waals surface area contributed by atoms with Crippen LogP contribution in [0.1, 0.15) is 52.2 Å². The molecule has 1 aromatic rings. The summed E-state index contributed by atoms with van der Waals surface area (Å²) in [7, 11) is 0. The molecule has 1 N–H and O–H groups in total. The van der Waals surface area contributed by atoms with Crippen molar-refractivity contribution in [2.24, 2.45) is 5.92 Å². The zero-order valence-electron chi connectivity index (χ0n) is 14.3. The molecule has 0 fully saturated rings. The molecule has 0 heterocycles. The second-order valence-electron chi connectivity index (χ2n) is 6.78. The van der Waals surface area contributed by atoms with Gasteiger partial charge in [0.05, 0.1) is 0 Å². The Morgan fingerprint density at radius 1 is 1.23 bits per heavy atom. The van der Waals surface area contributed by atoms with Crippen LogP contribution >= 0.6 is 0 Å². The van der Waals surface area contributed by atoms with Crippen LogP contribution in [0.4, 0.5) is 4.79 Å². The molecule has 0 aliphatic rings. The fourth-order valence-electron chi connectivity index (χ4n) is 1.90. The number of carbonyl (C=O) groups is 1. The average Bonchev–Trinajstić information content (AvgIpc) is 2.37. The van der Waals surface area contributed by atoms with E-state index < -0.39 is 11.7 Å². The van der Waals surface area contributed by atoms with Crippen LogP contribution in [0, 0.1) is 17.8 Å². The van der Waals surface area contributed by atoms with Gasteiger partial charge in [0, 0.05) is 18.5 Å². The number of nitrogens with one attached hydrogen (secondary N) is 1. The van der Waals surface area contributed by atoms with Crippen molar-refractivity contribution in [3.63, 3.8) is 0 Å². The summed E-state index contributed by atoms with van der Waals surface area (Å²) < 4.78 is 5.15. The Morgan fingerprint density at radius 2 is 1.86 bits per heavy atom. The zero-order chi connectivity index (χ0) is 16.6. The molecule has 0 aliphatic heterocycles. The molecule has 0 saturated carbocycles. The van der Waals surface area contributed by atoms with Gasteiger partial charge >= 0.3 is 6.09 Å². The maximum Gasteiger partial charge on any atom is 0.407 e. The highest BCUT2D eigenvalue weighted by molar-refractivity contribution is 5.67. The van der Waals surface area contributed by atoms with Crippen LogP contribution < -0.4 is 5.32 Å². The first kappa shape index (κ1) is 18.1. The molecule has 120 valence electrons. The molecule has 0 spiro atoms. The molecule has 0 saturated heterocycles. The Balaban J connectivity index is 2.34. The molecule has 22 heavy (non-hydrogen) atoms. The molecule has 1 amide bonds. The maximum atomic E-state index is 11.4. The van der Waals surface area contributed by atoms with Gasteiger partial charge in [-0.3, -0.25) is 0 Å². The summed E-state index contributed by atoms with van der Waals surface area (Å²) in [6, 6.07) is 8.35. The van der Waals surface area contributed by atoms with Crippen molar-refractivity contribution in [3.8, 4) is 11.8 Å². The van der Waals surface area contributed by atoms with E-state index in [4.69, 9.17) is 4.74 Å². The van der Waals surface area contributed by atoms with Crippen LogP contribution in [0.5, 0.6) is 0 Å². The van der Waals surface area contributed by atoms with E-state index in [1.54, 1.807) is 0 Å². The van der Waals surface area contributed by atoms with Crippen LogP contribution in [0.3, 0.4) is 0 Å². The topological polar surface area (TPSA) is 38.3 Å². The van der Waals surface area contributed by atoms with E-state index in [2.05, 4.69) is 43.1 Å². The van der Waals surface area contributed by atoms with Gasteiger partial charge in [-0.15, -0.1) is 0 Å². The summed E-state index contributed by atoms with van der Waals surface area (Å²) in [5.74, 6) is 6.83. The first-order chi connectivity index (χ1) is 10.3. The standard InChI is InChI=1S/C19H27NO2/c1-15(2)14-17-11-9-16(10-12-17)8-6-7-13-20-18(21)22-19(3,4)5/h9-12,15H,7,13-14H2,1-5H3,(H,20,21). The monoisotopic (exact) mass is 301 g/mol. The van der Waals surface area contributed by atoms with Gasteiger partial charge in [-0.1, -0.05) is 37.8 Å². The van der Waals surface area contributed by atoms with Crippen LogP contribution in [0.2, 0.25) is 0 Å². The number of carbonyl (C=O) groups excluding carboxylic acids is 1. The van der Waals surface area contributed by atoms with Gasteiger partial charge in [0.15, 0.2) is 0 Å². The molecule has 0 aliphatic carbocycles. The molecule has 0 bridgehead atoms. The second-order valence-corrected chi connectivity index (χ2v) is 6.78. The maximum absolute atomic E-state index is 11.4. The lowest BCUT2D eigenvalue weighted by atomic mass is 10.0. The van der Waals surface area contributed by atoms with Gasteiger partial charge in [0.1, 0.15) is 5.60 Å². The minimum absolute atomic E-state index is 0.396. The van der Waals surface area contributed by atoms with Crippen LogP contribution in [0.25, 0.3) is 0 Å². The minimum Gasteiger partial charge on any atom is -0.444 e. The van der Waals surface area contributed by atoms with E-state index in [-0.39, 0.29) is 0 Å². The number of rotatable bonds is 4. The van der Waals surface area contributed by atoms with Crippen molar-refractivity contribution < 1.29 is 9.53 Å². The van der Waals surface area contributed by atoms with E-state index in [1.165, 1.54) is 5.56 Å². The number of hydrogen-bond acceptors (Lipinski definition) is 2. The number of amides is 1. The summed E-state index contributed by atoms with van der Waals surface area (Å²) in [5, 5.41) is 2.69. The lowest BCUT2D eigenvalue weighted by Crippen LogP contribution is -2.32. The summed E-state index contributed by atoms with van der Waals surface area (Å²) in [4.78, 5) is 11.4. The lowest BCUT2D eigenvalue weighted by molar-refractivity contribution is 0.0529. The summed E-state index contributed by atoms with van der Waals surface area (Å²) in [5.41, 5.74) is 1.88. The molecule has 0 atom stereocenters. The third-order valence-corrected chi connectivity index (χ3v) is 2.75. The number of alkyl carbamates (subject to hydrolysis) is 1. The van der Waals surface area contributed by atoms with E-state index >= 15 is 0 Å². The van der Waals surface area contributed by atoms with Crippen molar-refractivity contribution in [1.29, 1.82) is 0 Å². The largest absolute Gasteiger partial charge is 0.444 e. The Labute approximate surface area is 134 Å². The normalized spacial score (nSPS) is 10.8.